The molecule has 11 nitrogen and oxygen atoms in total. The van der Waals surface area contributed by atoms with Crippen LogP contribution in [0, 0.1) is 38.7 Å². The highest BCUT2D eigenvalue weighted by Crippen LogP contribution is 2.36. The van der Waals surface area contributed by atoms with Crippen LogP contribution < -0.4 is 9.80 Å². The number of ether oxygens (including phenoxy) is 1. The molecule has 2 rings (SSSR count). The van der Waals surface area contributed by atoms with Gasteiger partial charge in [0.25, 0.3) is 0 Å². The molecule has 0 spiro atoms. The largest absolute Gasteiger partial charge is 0.469 e. The van der Waals surface area contributed by atoms with Gasteiger partial charge in [-0.15, -0.1) is 0 Å². The average molecular weight is 387 g/mol. The third-order valence-corrected chi connectivity index (χ3v) is 4.58. The van der Waals surface area contributed by atoms with E-state index in [1.165, 1.54) is 13.4 Å². The second-order valence-electron chi connectivity index (χ2n) is 6.21. The van der Waals surface area contributed by atoms with Crippen molar-refractivity contribution < 1.29 is 14.5 Å². The van der Waals surface area contributed by atoms with Gasteiger partial charge in [-0.2, -0.15) is 10.5 Å². The van der Waals surface area contributed by atoms with E-state index in [1.807, 2.05) is 12.1 Å². The van der Waals surface area contributed by atoms with Crippen LogP contribution in [0.4, 0.5) is 17.3 Å². The van der Waals surface area contributed by atoms with Crippen LogP contribution in [0.25, 0.3) is 0 Å². The zero-order valence-electron chi connectivity index (χ0n) is 15.6. The zero-order chi connectivity index (χ0) is 20.5. The third-order valence-electron chi connectivity index (χ3n) is 4.58. The van der Waals surface area contributed by atoms with Gasteiger partial charge in [-0.05, 0) is 12.8 Å². The molecule has 0 aromatic carbocycles. The Morgan fingerprint density at radius 2 is 1.93 bits per heavy atom. The number of nitro groups is 1. The van der Waals surface area contributed by atoms with Crippen LogP contribution in [0.5, 0.6) is 0 Å². The maximum Gasteiger partial charge on any atom is 0.353 e. The molecule has 11 heteroatoms. The molecule has 1 aliphatic heterocycles. The number of carbonyl (C=O) groups is 1. The number of esters is 1. The van der Waals surface area contributed by atoms with Crippen LogP contribution in [-0.2, 0) is 9.53 Å². The first-order chi connectivity index (χ1) is 13.5. The SMILES string of the molecule is COC(=O)C1CCN(c2ncnc(N(CCC#N)CCC#N)c2[N+](=O)[O-])CC1. The summed E-state index contributed by atoms with van der Waals surface area (Å²) in [5.74, 6) is -0.242. The van der Waals surface area contributed by atoms with Crippen molar-refractivity contribution in [3.63, 3.8) is 0 Å². The van der Waals surface area contributed by atoms with Gasteiger partial charge in [-0.25, -0.2) is 9.97 Å². The van der Waals surface area contributed by atoms with Gasteiger partial charge in [0.1, 0.15) is 6.33 Å². The van der Waals surface area contributed by atoms with Crippen molar-refractivity contribution in [2.24, 2.45) is 5.92 Å². The summed E-state index contributed by atoms with van der Waals surface area (Å²) in [5, 5.41) is 29.5. The fourth-order valence-corrected chi connectivity index (χ4v) is 3.17. The number of rotatable bonds is 8. The van der Waals surface area contributed by atoms with E-state index in [1.54, 1.807) is 9.80 Å². The highest BCUT2D eigenvalue weighted by Gasteiger charge is 2.33. The zero-order valence-corrected chi connectivity index (χ0v) is 15.6. The van der Waals surface area contributed by atoms with E-state index in [-0.39, 0.29) is 55.1 Å². The van der Waals surface area contributed by atoms with Gasteiger partial charge in [-0.3, -0.25) is 14.9 Å². The molecule has 1 aromatic rings. The fourth-order valence-electron chi connectivity index (χ4n) is 3.17. The van der Waals surface area contributed by atoms with E-state index in [4.69, 9.17) is 15.3 Å². The normalized spacial score (nSPS) is 14.0. The lowest BCUT2D eigenvalue weighted by molar-refractivity contribution is -0.383. The number of anilines is 2. The molecule has 1 aliphatic rings. The molecule has 0 saturated carbocycles. The van der Waals surface area contributed by atoms with Gasteiger partial charge >= 0.3 is 11.7 Å². The molecule has 2 heterocycles. The smallest absolute Gasteiger partial charge is 0.353 e. The second kappa shape index (κ2) is 10.0. The summed E-state index contributed by atoms with van der Waals surface area (Å²) in [4.78, 5) is 34.5. The third kappa shape index (κ3) is 4.82. The molecule has 1 fully saturated rings. The summed E-state index contributed by atoms with van der Waals surface area (Å²) in [7, 11) is 1.34. The molecule has 148 valence electrons. The van der Waals surface area contributed by atoms with Crippen LogP contribution in [0.2, 0.25) is 0 Å². The minimum Gasteiger partial charge on any atom is -0.469 e. The summed E-state index contributed by atoms with van der Waals surface area (Å²) in [6.45, 7) is 1.29. The van der Waals surface area contributed by atoms with E-state index in [2.05, 4.69) is 9.97 Å². The quantitative estimate of drug-likeness (QED) is 0.364. The Morgan fingerprint density at radius 1 is 1.32 bits per heavy atom. The number of nitrogens with zero attached hydrogens (tertiary/aromatic N) is 7. The van der Waals surface area contributed by atoms with Gasteiger partial charge in [-0.1, -0.05) is 0 Å². The van der Waals surface area contributed by atoms with Gasteiger partial charge in [0.15, 0.2) is 0 Å². The molecule has 1 saturated heterocycles. The Morgan fingerprint density at radius 3 is 2.43 bits per heavy atom. The Hall–Kier alpha value is -3.47. The lowest BCUT2D eigenvalue weighted by Gasteiger charge is -2.31. The number of piperidine rings is 1. The van der Waals surface area contributed by atoms with Crippen molar-refractivity contribution in [3.05, 3.63) is 16.4 Å². The average Bonchev–Trinajstić information content (AvgIpc) is 2.72. The molecule has 0 radical (unpaired) electrons. The van der Waals surface area contributed by atoms with Gasteiger partial charge in [0.05, 0.1) is 42.9 Å². The lowest BCUT2D eigenvalue weighted by Crippen LogP contribution is -2.38. The summed E-state index contributed by atoms with van der Waals surface area (Å²) in [6.07, 6.45) is 2.56. The summed E-state index contributed by atoms with van der Waals surface area (Å²) in [6, 6.07) is 4.00. The van der Waals surface area contributed by atoms with E-state index in [0.717, 1.165) is 0 Å². The summed E-state index contributed by atoms with van der Waals surface area (Å²) >= 11 is 0. The van der Waals surface area contributed by atoms with Crippen molar-refractivity contribution in [3.8, 4) is 12.1 Å². The Kier molecular flexibility index (Phi) is 7.45. The van der Waals surface area contributed by atoms with Crippen LogP contribution in [0.1, 0.15) is 25.7 Å². The van der Waals surface area contributed by atoms with Gasteiger partial charge < -0.3 is 14.5 Å². The minimum atomic E-state index is -0.539. The van der Waals surface area contributed by atoms with E-state index in [0.29, 0.717) is 25.9 Å². The maximum absolute atomic E-state index is 11.8. The topological polar surface area (TPSA) is 149 Å². The predicted molar refractivity (Wildman–Crippen MR) is 98.3 cm³/mol. The molecule has 1 aromatic heterocycles. The van der Waals surface area contributed by atoms with Crippen molar-refractivity contribution >= 4 is 23.3 Å². The van der Waals surface area contributed by atoms with E-state index < -0.39 is 4.92 Å². The minimum absolute atomic E-state index is 0.0931. The molecule has 0 N–H and O–H groups in total. The molecule has 0 amide bonds. The van der Waals surface area contributed by atoms with Crippen LogP contribution in [0.3, 0.4) is 0 Å². The number of nitriles is 2. The summed E-state index contributed by atoms with van der Waals surface area (Å²) < 4.78 is 4.77. The number of hydrogen-bond donors (Lipinski definition) is 0. The van der Waals surface area contributed by atoms with Gasteiger partial charge in [0.2, 0.25) is 11.6 Å². The molecule has 0 unspecified atom stereocenters. The van der Waals surface area contributed by atoms with Crippen molar-refractivity contribution in [1.82, 2.24) is 9.97 Å². The lowest BCUT2D eigenvalue weighted by atomic mass is 9.97. The number of hydrogen-bond acceptors (Lipinski definition) is 10. The first-order valence-corrected chi connectivity index (χ1v) is 8.84. The standard InChI is InChI=1S/C17H21N7O4/c1-28-17(25)13-4-10-23(11-5-13)16-14(24(26)27)15(20-12-21-16)22(8-2-6-18)9-3-7-19/h12-13H,2-5,8-11H2,1H3. The van der Waals surface area contributed by atoms with Crippen LogP contribution in [0.15, 0.2) is 6.33 Å². The summed E-state index contributed by atoms with van der Waals surface area (Å²) in [5.41, 5.74) is -0.255. The molecule has 0 bridgehead atoms. The van der Waals surface area contributed by atoms with E-state index >= 15 is 0 Å². The van der Waals surface area contributed by atoms with E-state index in [9.17, 15) is 14.9 Å². The highest BCUT2D eigenvalue weighted by atomic mass is 16.6. The Bertz CT molecular complexity index is 776. The molecule has 28 heavy (non-hydrogen) atoms. The van der Waals surface area contributed by atoms with Gasteiger partial charge in [0, 0.05) is 26.2 Å². The monoisotopic (exact) mass is 387 g/mol. The van der Waals surface area contributed by atoms with Crippen LogP contribution in [-0.4, -0.2) is 54.1 Å². The number of methoxy groups -OCH3 is 1. The van der Waals surface area contributed by atoms with Crippen molar-refractivity contribution in [2.45, 2.75) is 25.7 Å². The van der Waals surface area contributed by atoms with Crippen molar-refractivity contribution in [2.75, 3.05) is 43.1 Å². The second-order valence-corrected chi connectivity index (χ2v) is 6.21. The predicted octanol–water partition coefficient (Wildman–Crippen LogP) is 1.41. The Balaban J connectivity index is 2.32. The van der Waals surface area contributed by atoms with Crippen molar-refractivity contribution in [1.29, 1.82) is 10.5 Å². The Labute approximate surface area is 162 Å². The fraction of sp³-hybridized carbons (Fsp3) is 0.588. The number of aromatic nitrogens is 2. The molecular weight excluding hydrogens is 366 g/mol. The first-order valence-electron chi connectivity index (χ1n) is 8.84. The van der Waals surface area contributed by atoms with Crippen LogP contribution >= 0.6 is 0 Å². The first kappa shape index (κ1) is 20.8. The highest BCUT2D eigenvalue weighted by molar-refractivity contribution is 5.74. The maximum atomic E-state index is 11.8. The molecule has 0 aliphatic carbocycles. The molecular formula is C17H21N7O4. The molecule has 0 atom stereocenters. The number of carbonyl (C=O) groups excluding carboxylic acids is 1.